The molecule has 1 unspecified atom stereocenters. The molecule has 0 spiro atoms. The van der Waals surface area contributed by atoms with Crippen molar-refractivity contribution in [3.8, 4) is 22.5 Å². The fourth-order valence-corrected chi connectivity index (χ4v) is 6.92. The second kappa shape index (κ2) is 16.5. The van der Waals surface area contributed by atoms with Crippen molar-refractivity contribution in [2.75, 3.05) is 0 Å². The topological polar surface area (TPSA) is 51.8 Å². The van der Waals surface area contributed by atoms with E-state index in [1.807, 2.05) is 115 Å². The molecule has 4 heterocycles. The van der Waals surface area contributed by atoms with Crippen molar-refractivity contribution in [2.45, 2.75) is 86.7 Å². The van der Waals surface area contributed by atoms with Gasteiger partial charge >= 0.3 is 0 Å². The van der Waals surface area contributed by atoms with Gasteiger partial charge in [-0.1, -0.05) is 102 Å². The molecule has 0 bridgehead atoms. The van der Waals surface area contributed by atoms with E-state index >= 15 is 0 Å². The average Bonchev–Trinajstić information content (AvgIpc) is 3.50. The average molecular weight is 851 g/mol. The third kappa shape index (κ3) is 9.42. The molecule has 0 N–H and O–H groups in total. The van der Waals surface area contributed by atoms with Crippen molar-refractivity contribution in [1.29, 1.82) is 0 Å². The molecule has 0 saturated carbocycles. The molecule has 0 aliphatic carbocycles. The third-order valence-electron chi connectivity index (χ3n) is 8.21. The van der Waals surface area contributed by atoms with E-state index in [2.05, 4.69) is 46.7 Å². The molecular weight excluding hydrogens is 795 g/mol. The molecule has 0 aliphatic rings. The predicted octanol–water partition coefficient (Wildman–Crippen LogP) is 11.1. The van der Waals surface area contributed by atoms with Crippen molar-refractivity contribution in [3.63, 3.8) is 0 Å². The van der Waals surface area contributed by atoms with E-state index < -0.39 is 26.7 Å². The van der Waals surface area contributed by atoms with E-state index in [9.17, 15) is 0 Å². The van der Waals surface area contributed by atoms with Crippen LogP contribution in [0.3, 0.4) is 0 Å². The van der Waals surface area contributed by atoms with Gasteiger partial charge in [0.1, 0.15) is 0 Å². The van der Waals surface area contributed by atoms with Crippen LogP contribution in [0.25, 0.3) is 44.6 Å². The van der Waals surface area contributed by atoms with Crippen LogP contribution >= 0.6 is 0 Å². The van der Waals surface area contributed by atoms with Crippen LogP contribution in [0.2, 0.25) is 19.6 Å². The number of aromatic nitrogens is 3. The summed E-state index contributed by atoms with van der Waals surface area (Å²) in [7, 11) is -1.67. The van der Waals surface area contributed by atoms with Crippen LogP contribution < -0.4 is 5.19 Å². The van der Waals surface area contributed by atoms with Crippen LogP contribution in [0.4, 0.5) is 0 Å². The Balaban J connectivity index is 0.000000250. The first-order valence-corrected chi connectivity index (χ1v) is 20.4. The Labute approximate surface area is 315 Å². The molecule has 6 aromatic rings. The molecule has 6 heteroatoms. The summed E-state index contributed by atoms with van der Waals surface area (Å²) in [5, 5.41) is 2.82. The molecule has 0 saturated heterocycles. The minimum atomic E-state index is -1.67. The summed E-state index contributed by atoms with van der Waals surface area (Å²) < 4.78 is 48.7. The van der Waals surface area contributed by atoms with Gasteiger partial charge in [-0.25, -0.2) is 4.98 Å². The number of benzene rings is 2. The van der Waals surface area contributed by atoms with E-state index in [0.29, 0.717) is 28.2 Å². The van der Waals surface area contributed by atoms with Gasteiger partial charge in [0.2, 0.25) is 5.71 Å². The molecule has 4 aromatic heterocycles. The van der Waals surface area contributed by atoms with Gasteiger partial charge in [0.05, 0.1) is 13.7 Å². The number of hydrogen-bond acceptors (Lipinski definition) is 4. The molecule has 49 heavy (non-hydrogen) atoms. The fraction of sp³-hybridized carbons (Fsp3) is 0.372. The van der Waals surface area contributed by atoms with Crippen LogP contribution in [-0.2, 0) is 32.9 Å². The molecule has 2 aromatic carbocycles. The zero-order valence-corrected chi connectivity index (χ0v) is 33.7. The molecule has 1 atom stereocenters. The van der Waals surface area contributed by atoms with Gasteiger partial charge in [0.25, 0.3) is 0 Å². The zero-order chi connectivity index (χ0) is 39.1. The van der Waals surface area contributed by atoms with Gasteiger partial charge in [-0.3, -0.25) is 0 Å². The number of hydrogen-bond donors (Lipinski definition) is 0. The first-order valence-electron chi connectivity index (χ1n) is 19.4. The van der Waals surface area contributed by atoms with Crippen molar-refractivity contribution in [3.05, 3.63) is 108 Å². The molecule has 0 aliphatic heterocycles. The Hall–Kier alpha value is -3.44. The molecule has 259 valence electrons. The molecule has 1 radical (unpaired) electrons. The monoisotopic (exact) mass is 851 g/mol. The summed E-state index contributed by atoms with van der Waals surface area (Å²) in [6.07, 6.45) is 0.705. The van der Waals surface area contributed by atoms with E-state index in [0.717, 1.165) is 38.3 Å². The van der Waals surface area contributed by atoms with Crippen LogP contribution in [0.15, 0.2) is 83.5 Å². The Morgan fingerprint density at radius 2 is 1.57 bits per heavy atom. The van der Waals surface area contributed by atoms with Gasteiger partial charge in [-0.2, -0.15) is 0 Å². The summed E-state index contributed by atoms with van der Waals surface area (Å²) >= 11 is 0. The van der Waals surface area contributed by atoms with Gasteiger partial charge in [-0.05, 0) is 71.2 Å². The predicted molar refractivity (Wildman–Crippen MR) is 205 cm³/mol. The smallest absolute Gasteiger partial charge is 0.216 e. The van der Waals surface area contributed by atoms with E-state index in [-0.39, 0.29) is 37.9 Å². The van der Waals surface area contributed by atoms with Gasteiger partial charge < -0.3 is 14.4 Å². The number of pyridine rings is 3. The Bertz CT molecular complexity index is 2210. The van der Waals surface area contributed by atoms with Crippen LogP contribution in [0.1, 0.15) is 78.0 Å². The largest absolute Gasteiger partial charge is 0.486 e. The quantitative estimate of drug-likeness (QED) is 0.107. The van der Waals surface area contributed by atoms with Gasteiger partial charge in [0, 0.05) is 50.4 Å². The van der Waals surface area contributed by atoms with E-state index in [4.69, 9.17) is 11.3 Å². The minimum absolute atomic E-state index is 0. The maximum absolute atomic E-state index is 8.74. The van der Waals surface area contributed by atoms with E-state index in [1.165, 1.54) is 0 Å². The summed E-state index contributed by atoms with van der Waals surface area (Å²) in [6.45, 7) is 20.2. The molecule has 6 rings (SSSR count). The minimum Gasteiger partial charge on any atom is -0.486 e. The maximum atomic E-state index is 8.74. The summed E-state index contributed by atoms with van der Waals surface area (Å²) in [5.74, 6) is -0.888. The standard InChI is InChI=1S/C25H27N2O.C18H24NSi.Ir/c1-15(2)13-19-9-10-21-20-7-6-8-22(24(20)28-25(21)27-19)23-14-18(11-12-26-23)17(5)16(3)4;1-14(2)11-16-12-17(15-9-7-6-8-10-15)19-13-18(16)20(3,4)5;/h6-7,9-12,14-17H,13H2,1-5H3;6-9,12-14H,11H2,1-5H3;/q2*-1;/i13D2,17D;11D2;. The van der Waals surface area contributed by atoms with Crippen molar-refractivity contribution >= 4 is 35.3 Å². The summed E-state index contributed by atoms with van der Waals surface area (Å²) in [5.41, 5.74) is 6.18. The Morgan fingerprint density at radius 3 is 2.22 bits per heavy atom. The van der Waals surface area contributed by atoms with Gasteiger partial charge in [0.15, 0.2) is 0 Å². The molecule has 4 nitrogen and oxygen atoms in total. The van der Waals surface area contributed by atoms with Crippen molar-refractivity contribution in [1.82, 2.24) is 15.0 Å². The van der Waals surface area contributed by atoms with Crippen LogP contribution in [0.5, 0.6) is 0 Å². The Morgan fingerprint density at radius 1 is 0.816 bits per heavy atom. The second-order valence-corrected chi connectivity index (χ2v) is 19.3. The summed E-state index contributed by atoms with van der Waals surface area (Å²) in [6, 6.07) is 27.2. The molecular formula is C43H51IrN3OSi-2. The second-order valence-electron chi connectivity index (χ2n) is 14.3. The first kappa shape index (κ1) is 31.5. The normalized spacial score (nSPS) is 15.1. The number of nitrogens with zero attached hydrogens (tertiary/aromatic N) is 3. The SMILES string of the molecule is [2H]C([2H])(c1cc(-c2[c-]cccc2)ncc1[Si](C)(C)C)C(C)C.[2H]C([2H])(c1ccc2c(n1)oc1c(-c3cc(C([2H])(C)C(C)C)ccn3)[c-]ccc12)C(C)C.[Ir]. The van der Waals surface area contributed by atoms with Crippen LogP contribution in [0, 0.1) is 29.9 Å². The zero-order valence-electron chi connectivity index (χ0n) is 35.3. The fourth-order valence-electron chi connectivity index (χ4n) is 5.52. The maximum Gasteiger partial charge on any atom is 0.216 e. The van der Waals surface area contributed by atoms with Crippen molar-refractivity contribution in [2.24, 2.45) is 17.8 Å². The van der Waals surface area contributed by atoms with Crippen LogP contribution in [-0.4, -0.2) is 23.0 Å². The van der Waals surface area contributed by atoms with E-state index in [1.54, 1.807) is 12.3 Å². The first-order chi connectivity index (χ1) is 24.7. The number of fused-ring (bicyclic) bond motifs is 3. The number of furan rings is 1. The molecule has 0 amide bonds. The van der Waals surface area contributed by atoms with Crippen molar-refractivity contribution < 1.29 is 31.4 Å². The number of rotatable bonds is 9. The third-order valence-corrected chi connectivity index (χ3v) is 10.2. The van der Waals surface area contributed by atoms with Gasteiger partial charge in [-0.15, -0.1) is 54.1 Å². The molecule has 0 fully saturated rings. The summed E-state index contributed by atoms with van der Waals surface area (Å²) in [4.78, 5) is 13.6. The Kier molecular flexibility index (Phi) is 10.6.